The molecule has 2 aliphatic heterocycles. The molecule has 0 spiro atoms. The molecule has 0 unspecified atom stereocenters. The van der Waals surface area contributed by atoms with Crippen LogP contribution in [0, 0.1) is 5.92 Å². The lowest BCUT2D eigenvalue weighted by Gasteiger charge is -2.35. The van der Waals surface area contributed by atoms with Gasteiger partial charge in [-0.15, -0.1) is 0 Å². The SMILES string of the molecule is O=C([C@H]1COc2ccccc2O1)N1CCC(Cc2ccccc2)CC1. The smallest absolute Gasteiger partial charge is 0.267 e. The van der Waals surface area contributed by atoms with Gasteiger partial charge in [0.25, 0.3) is 5.91 Å². The highest BCUT2D eigenvalue weighted by atomic mass is 16.6. The third-order valence-electron chi connectivity index (χ3n) is 5.08. The number of para-hydroxylation sites is 2. The summed E-state index contributed by atoms with van der Waals surface area (Å²) in [5.41, 5.74) is 1.38. The number of amides is 1. The van der Waals surface area contributed by atoms with Crippen molar-refractivity contribution in [2.24, 2.45) is 5.92 Å². The highest BCUT2D eigenvalue weighted by Gasteiger charge is 2.33. The van der Waals surface area contributed by atoms with Crippen LogP contribution in [0.5, 0.6) is 11.5 Å². The zero-order valence-corrected chi connectivity index (χ0v) is 14.3. The van der Waals surface area contributed by atoms with Crippen molar-refractivity contribution >= 4 is 5.91 Å². The molecule has 1 fully saturated rings. The molecule has 0 radical (unpaired) electrons. The maximum Gasteiger partial charge on any atom is 0.267 e. The van der Waals surface area contributed by atoms with Crippen LogP contribution >= 0.6 is 0 Å². The molecule has 1 amide bonds. The molecule has 0 aliphatic carbocycles. The van der Waals surface area contributed by atoms with Crippen LogP contribution in [0.15, 0.2) is 54.6 Å². The first-order chi connectivity index (χ1) is 12.3. The quantitative estimate of drug-likeness (QED) is 0.862. The molecule has 1 saturated heterocycles. The molecule has 0 aromatic heterocycles. The Kier molecular flexibility index (Phi) is 4.59. The van der Waals surface area contributed by atoms with Gasteiger partial charge in [-0.25, -0.2) is 0 Å². The van der Waals surface area contributed by atoms with Gasteiger partial charge in [-0.2, -0.15) is 0 Å². The summed E-state index contributed by atoms with van der Waals surface area (Å²) in [4.78, 5) is 14.7. The number of benzene rings is 2. The van der Waals surface area contributed by atoms with Crippen LogP contribution in [0.2, 0.25) is 0 Å². The average molecular weight is 337 g/mol. The second-order valence-electron chi connectivity index (χ2n) is 6.82. The number of likely N-dealkylation sites (tertiary alicyclic amines) is 1. The number of ether oxygens (including phenoxy) is 2. The van der Waals surface area contributed by atoms with Crippen LogP contribution in [0.1, 0.15) is 18.4 Å². The molecule has 2 aromatic rings. The molecule has 2 heterocycles. The minimum absolute atomic E-state index is 0.0488. The van der Waals surface area contributed by atoms with Crippen LogP contribution in [0.3, 0.4) is 0 Å². The Morgan fingerprint density at radius 1 is 0.960 bits per heavy atom. The minimum atomic E-state index is -0.527. The Morgan fingerprint density at radius 2 is 1.64 bits per heavy atom. The van der Waals surface area contributed by atoms with Gasteiger partial charge in [-0.1, -0.05) is 42.5 Å². The summed E-state index contributed by atoms with van der Waals surface area (Å²) in [6.45, 7) is 1.90. The van der Waals surface area contributed by atoms with E-state index in [1.54, 1.807) is 0 Å². The Hall–Kier alpha value is -2.49. The standard InChI is InChI=1S/C21H23NO3/c23-21(20-15-24-18-8-4-5-9-19(18)25-20)22-12-10-17(11-13-22)14-16-6-2-1-3-7-16/h1-9,17,20H,10-15H2/t20-/m1/s1. The molecule has 0 N–H and O–H groups in total. The number of carbonyl (C=O) groups is 1. The number of nitrogens with zero attached hydrogens (tertiary/aromatic N) is 1. The van der Waals surface area contributed by atoms with Crippen molar-refractivity contribution in [1.82, 2.24) is 4.90 Å². The van der Waals surface area contributed by atoms with Gasteiger partial charge in [0, 0.05) is 13.1 Å². The van der Waals surface area contributed by atoms with Crippen molar-refractivity contribution in [1.29, 1.82) is 0 Å². The average Bonchev–Trinajstić information content (AvgIpc) is 2.68. The summed E-state index contributed by atoms with van der Waals surface area (Å²) in [5, 5.41) is 0. The van der Waals surface area contributed by atoms with Gasteiger partial charge in [-0.3, -0.25) is 4.79 Å². The van der Waals surface area contributed by atoms with E-state index in [0.29, 0.717) is 24.0 Å². The molecule has 1 atom stereocenters. The fourth-order valence-electron chi connectivity index (χ4n) is 3.65. The van der Waals surface area contributed by atoms with E-state index in [1.807, 2.05) is 29.2 Å². The van der Waals surface area contributed by atoms with Crippen LogP contribution in [0.4, 0.5) is 0 Å². The first-order valence-corrected chi connectivity index (χ1v) is 9.01. The third kappa shape index (κ3) is 3.63. The third-order valence-corrected chi connectivity index (χ3v) is 5.08. The van der Waals surface area contributed by atoms with Gasteiger partial charge in [0.05, 0.1) is 0 Å². The summed E-state index contributed by atoms with van der Waals surface area (Å²) >= 11 is 0. The Bertz CT molecular complexity index is 723. The number of fused-ring (bicyclic) bond motifs is 1. The van der Waals surface area contributed by atoms with E-state index in [4.69, 9.17) is 9.47 Å². The topological polar surface area (TPSA) is 38.8 Å². The zero-order valence-electron chi connectivity index (χ0n) is 14.3. The van der Waals surface area contributed by atoms with Crippen LogP contribution in [0.25, 0.3) is 0 Å². The van der Waals surface area contributed by atoms with E-state index in [2.05, 4.69) is 30.3 Å². The molecule has 4 nitrogen and oxygen atoms in total. The maximum absolute atomic E-state index is 12.7. The van der Waals surface area contributed by atoms with Crippen molar-refractivity contribution in [3.05, 3.63) is 60.2 Å². The zero-order chi connectivity index (χ0) is 17.1. The fourth-order valence-corrected chi connectivity index (χ4v) is 3.65. The summed E-state index contributed by atoms with van der Waals surface area (Å²) in [7, 11) is 0. The predicted molar refractivity (Wildman–Crippen MR) is 95.8 cm³/mol. The lowest BCUT2D eigenvalue weighted by Crippen LogP contribution is -2.49. The van der Waals surface area contributed by atoms with E-state index in [0.717, 1.165) is 32.4 Å². The van der Waals surface area contributed by atoms with Gasteiger partial charge < -0.3 is 14.4 Å². The normalized spacial score (nSPS) is 20.3. The Balaban J connectivity index is 1.31. The lowest BCUT2D eigenvalue weighted by molar-refractivity contribution is -0.142. The van der Waals surface area contributed by atoms with E-state index >= 15 is 0 Å². The molecule has 25 heavy (non-hydrogen) atoms. The number of carbonyl (C=O) groups excluding carboxylic acids is 1. The highest BCUT2D eigenvalue weighted by Crippen LogP contribution is 2.32. The number of hydrogen-bond acceptors (Lipinski definition) is 3. The molecular formula is C21H23NO3. The minimum Gasteiger partial charge on any atom is -0.485 e. The van der Waals surface area contributed by atoms with Crippen molar-refractivity contribution < 1.29 is 14.3 Å². The molecule has 4 rings (SSSR count). The first-order valence-electron chi connectivity index (χ1n) is 9.01. The second kappa shape index (κ2) is 7.18. The van der Waals surface area contributed by atoms with Gasteiger partial charge in [0.1, 0.15) is 6.61 Å². The van der Waals surface area contributed by atoms with Gasteiger partial charge >= 0.3 is 0 Å². The van der Waals surface area contributed by atoms with E-state index in [1.165, 1.54) is 5.56 Å². The van der Waals surface area contributed by atoms with Crippen LogP contribution in [-0.4, -0.2) is 36.6 Å². The van der Waals surface area contributed by atoms with Gasteiger partial charge in [0.15, 0.2) is 11.5 Å². The van der Waals surface area contributed by atoms with Crippen LogP contribution < -0.4 is 9.47 Å². The summed E-state index contributed by atoms with van der Waals surface area (Å²) in [6.07, 6.45) is 2.66. The van der Waals surface area contributed by atoms with E-state index in [9.17, 15) is 4.79 Å². The largest absolute Gasteiger partial charge is 0.485 e. The Morgan fingerprint density at radius 3 is 2.40 bits per heavy atom. The van der Waals surface area contributed by atoms with Crippen molar-refractivity contribution in [2.45, 2.75) is 25.4 Å². The summed E-state index contributed by atoms with van der Waals surface area (Å²) in [5.74, 6) is 2.07. The molecular weight excluding hydrogens is 314 g/mol. The van der Waals surface area contributed by atoms with E-state index < -0.39 is 6.10 Å². The van der Waals surface area contributed by atoms with Gasteiger partial charge in [-0.05, 0) is 42.9 Å². The first kappa shape index (κ1) is 16.0. The Labute approximate surface area is 148 Å². The molecule has 2 aliphatic rings. The van der Waals surface area contributed by atoms with Crippen molar-refractivity contribution in [3.63, 3.8) is 0 Å². The molecule has 130 valence electrons. The number of hydrogen-bond donors (Lipinski definition) is 0. The maximum atomic E-state index is 12.7. The van der Waals surface area contributed by atoms with Crippen molar-refractivity contribution in [3.8, 4) is 11.5 Å². The van der Waals surface area contributed by atoms with Gasteiger partial charge in [0.2, 0.25) is 6.10 Å². The molecule has 0 saturated carbocycles. The highest BCUT2D eigenvalue weighted by molar-refractivity contribution is 5.82. The monoisotopic (exact) mass is 337 g/mol. The fraction of sp³-hybridized carbons (Fsp3) is 0.381. The molecule has 0 bridgehead atoms. The van der Waals surface area contributed by atoms with Crippen molar-refractivity contribution in [2.75, 3.05) is 19.7 Å². The molecule has 4 heteroatoms. The molecule has 2 aromatic carbocycles. The number of piperidine rings is 1. The second-order valence-corrected chi connectivity index (χ2v) is 6.82. The van der Waals surface area contributed by atoms with E-state index in [-0.39, 0.29) is 5.91 Å². The number of rotatable bonds is 3. The summed E-state index contributed by atoms with van der Waals surface area (Å²) < 4.78 is 11.5. The lowest BCUT2D eigenvalue weighted by atomic mass is 9.90. The predicted octanol–water partition coefficient (Wildman–Crippen LogP) is 3.31. The van der Waals surface area contributed by atoms with Crippen LogP contribution in [-0.2, 0) is 11.2 Å². The summed E-state index contributed by atoms with van der Waals surface area (Å²) in [6, 6.07) is 18.1.